The highest BCUT2D eigenvalue weighted by atomic mass is 16.8. The molecule has 6 rings (SSSR count). The molecule has 0 bridgehead atoms. The van der Waals surface area contributed by atoms with Crippen molar-refractivity contribution in [2.75, 3.05) is 26.4 Å². The van der Waals surface area contributed by atoms with E-state index < -0.39 is 11.4 Å². The predicted octanol–water partition coefficient (Wildman–Crippen LogP) is 4.19. The van der Waals surface area contributed by atoms with Crippen LogP contribution in [-0.2, 0) is 18.9 Å². The van der Waals surface area contributed by atoms with Gasteiger partial charge in [-0.3, -0.25) is 0 Å². The third kappa shape index (κ3) is 2.37. The van der Waals surface area contributed by atoms with Crippen LogP contribution in [0, 0.1) is 28.6 Å². The zero-order valence-electron chi connectivity index (χ0n) is 18.9. The fourth-order valence-corrected chi connectivity index (χ4v) is 8.86. The molecule has 0 aromatic rings. The van der Waals surface area contributed by atoms with Crippen LogP contribution in [0.4, 0.5) is 0 Å². The molecule has 0 amide bonds. The van der Waals surface area contributed by atoms with Gasteiger partial charge in [0.25, 0.3) is 0 Å². The van der Waals surface area contributed by atoms with Crippen molar-refractivity contribution in [3.63, 3.8) is 0 Å². The summed E-state index contributed by atoms with van der Waals surface area (Å²) in [5.74, 6) is 0.638. The highest BCUT2D eigenvalue weighted by Gasteiger charge is 2.70. The van der Waals surface area contributed by atoms with Gasteiger partial charge in [0.1, 0.15) is 5.60 Å². The van der Waals surface area contributed by atoms with E-state index in [1.165, 1.54) is 6.42 Å². The molecule has 0 aromatic carbocycles. The monoisotopic (exact) mass is 418 g/mol. The first-order valence-electron chi connectivity index (χ1n) is 12.2. The van der Waals surface area contributed by atoms with Gasteiger partial charge in [0.15, 0.2) is 11.6 Å². The molecule has 1 N–H and O–H groups in total. The zero-order chi connectivity index (χ0) is 20.8. The third-order valence-electron chi connectivity index (χ3n) is 10.7. The van der Waals surface area contributed by atoms with Gasteiger partial charge in [-0.1, -0.05) is 25.5 Å². The van der Waals surface area contributed by atoms with Crippen molar-refractivity contribution in [2.45, 2.75) is 89.3 Å². The van der Waals surface area contributed by atoms with E-state index in [1.807, 2.05) is 6.92 Å². The molecule has 5 heteroatoms. The zero-order valence-corrected chi connectivity index (χ0v) is 18.9. The second-order valence-electron chi connectivity index (χ2n) is 11.5. The van der Waals surface area contributed by atoms with Crippen molar-refractivity contribution < 1.29 is 24.1 Å². The molecular weight excluding hydrogens is 380 g/mol. The molecule has 1 spiro atoms. The predicted molar refractivity (Wildman–Crippen MR) is 112 cm³/mol. The first-order valence-corrected chi connectivity index (χ1v) is 12.2. The summed E-state index contributed by atoms with van der Waals surface area (Å²) in [5, 5.41) is 12.0. The summed E-state index contributed by atoms with van der Waals surface area (Å²) in [4.78, 5) is 0. The molecule has 0 unspecified atom stereocenters. The van der Waals surface area contributed by atoms with Crippen molar-refractivity contribution >= 4 is 0 Å². The van der Waals surface area contributed by atoms with Crippen LogP contribution in [0.15, 0.2) is 11.6 Å². The van der Waals surface area contributed by atoms with Crippen LogP contribution in [0.2, 0.25) is 0 Å². The number of ether oxygens (including phenoxy) is 4. The van der Waals surface area contributed by atoms with Crippen molar-refractivity contribution in [3.05, 3.63) is 11.6 Å². The quantitative estimate of drug-likeness (QED) is 0.647. The average Bonchev–Trinajstić information content (AvgIpc) is 3.43. The summed E-state index contributed by atoms with van der Waals surface area (Å²) in [7, 11) is 0. The lowest BCUT2D eigenvalue weighted by molar-refractivity contribution is -0.299. The van der Waals surface area contributed by atoms with E-state index >= 15 is 0 Å². The Labute approximate surface area is 180 Å². The number of rotatable bonds is 1. The molecule has 2 heterocycles. The Morgan fingerprint density at radius 1 is 0.833 bits per heavy atom. The standard InChI is InChI=1S/C25H38O5/c1-21-10-11-24(29-14-15-30-24)16-17(21)4-5-18-19(21)6-8-22(2)20(18)7-9-25(22,26)23(3)27-12-13-28-23/h4,18-20,26H,5-16H2,1-3H3/t18-,19+,20+,21-,22-,25-/m0/s1. The molecule has 168 valence electrons. The van der Waals surface area contributed by atoms with Gasteiger partial charge in [-0.25, -0.2) is 0 Å². The topological polar surface area (TPSA) is 57.2 Å². The van der Waals surface area contributed by atoms with E-state index in [-0.39, 0.29) is 16.6 Å². The average molecular weight is 419 g/mol. The third-order valence-corrected chi connectivity index (χ3v) is 10.7. The summed E-state index contributed by atoms with van der Waals surface area (Å²) < 4.78 is 24.2. The molecule has 5 nitrogen and oxygen atoms in total. The van der Waals surface area contributed by atoms with Crippen molar-refractivity contribution in [1.29, 1.82) is 0 Å². The Balaban J connectivity index is 1.31. The highest BCUT2D eigenvalue weighted by Crippen LogP contribution is 2.69. The maximum atomic E-state index is 12.0. The molecular formula is C25H38O5. The lowest BCUT2D eigenvalue weighted by atomic mass is 9.46. The molecule has 2 saturated heterocycles. The second kappa shape index (κ2) is 6.32. The number of aliphatic hydroxyl groups is 1. The van der Waals surface area contributed by atoms with Crippen LogP contribution in [0.5, 0.6) is 0 Å². The number of fused-ring (bicyclic) bond motifs is 5. The lowest BCUT2D eigenvalue weighted by Crippen LogP contribution is -2.63. The largest absolute Gasteiger partial charge is 0.384 e. The first-order chi connectivity index (χ1) is 14.3. The normalized spacial score (nSPS) is 51.3. The number of hydrogen-bond donors (Lipinski definition) is 1. The molecule has 3 saturated carbocycles. The highest BCUT2D eigenvalue weighted by molar-refractivity contribution is 5.28. The minimum absolute atomic E-state index is 0.150. The maximum Gasteiger partial charge on any atom is 0.195 e. The van der Waals surface area contributed by atoms with Crippen molar-refractivity contribution in [2.24, 2.45) is 28.6 Å². The van der Waals surface area contributed by atoms with Crippen molar-refractivity contribution in [1.82, 2.24) is 0 Å². The first kappa shape index (κ1) is 20.2. The molecule has 5 fully saturated rings. The summed E-state index contributed by atoms with van der Waals surface area (Å²) >= 11 is 0. The van der Waals surface area contributed by atoms with Gasteiger partial charge in [0.2, 0.25) is 0 Å². The van der Waals surface area contributed by atoms with Crippen LogP contribution < -0.4 is 0 Å². The minimum atomic E-state index is -0.904. The fourth-order valence-electron chi connectivity index (χ4n) is 8.86. The van der Waals surface area contributed by atoms with E-state index in [4.69, 9.17) is 18.9 Å². The van der Waals surface area contributed by atoms with Crippen LogP contribution >= 0.6 is 0 Å². The Bertz CT molecular complexity index is 751. The molecule has 0 aromatic heterocycles. The molecule has 6 aliphatic rings. The molecule has 4 aliphatic carbocycles. The fraction of sp³-hybridized carbons (Fsp3) is 0.920. The molecule has 2 aliphatic heterocycles. The van der Waals surface area contributed by atoms with Crippen molar-refractivity contribution in [3.8, 4) is 0 Å². The summed E-state index contributed by atoms with van der Waals surface area (Å²) in [6.45, 7) is 9.45. The summed E-state index contributed by atoms with van der Waals surface area (Å²) in [6, 6.07) is 0. The van der Waals surface area contributed by atoms with Gasteiger partial charge in [-0.15, -0.1) is 0 Å². The van der Waals surface area contributed by atoms with Gasteiger partial charge >= 0.3 is 0 Å². The van der Waals surface area contributed by atoms with E-state index in [0.717, 1.165) is 58.2 Å². The smallest absolute Gasteiger partial charge is 0.195 e. The Morgan fingerprint density at radius 2 is 1.50 bits per heavy atom. The Morgan fingerprint density at radius 3 is 2.23 bits per heavy atom. The summed E-state index contributed by atoms with van der Waals surface area (Å²) in [5.41, 5.74) is 0.764. The molecule has 0 radical (unpaired) electrons. The summed E-state index contributed by atoms with van der Waals surface area (Å²) in [6.07, 6.45) is 10.8. The maximum absolute atomic E-state index is 12.0. The van der Waals surface area contributed by atoms with Gasteiger partial charge in [-0.05, 0) is 68.6 Å². The number of hydrogen-bond acceptors (Lipinski definition) is 5. The van der Waals surface area contributed by atoms with E-state index in [1.54, 1.807) is 5.57 Å². The molecule has 6 atom stereocenters. The van der Waals surface area contributed by atoms with Gasteiger partial charge in [0, 0.05) is 18.3 Å². The minimum Gasteiger partial charge on any atom is -0.384 e. The van der Waals surface area contributed by atoms with Crippen LogP contribution in [0.1, 0.15) is 72.1 Å². The van der Waals surface area contributed by atoms with Gasteiger partial charge < -0.3 is 24.1 Å². The van der Waals surface area contributed by atoms with Gasteiger partial charge in [0.05, 0.1) is 26.4 Å². The Hall–Kier alpha value is -0.460. The molecule has 30 heavy (non-hydrogen) atoms. The van der Waals surface area contributed by atoms with Crippen LogP contribution in [-0.4, -0.2) is 48.7 Å². The lowest BCUT2D eigenvalue weighted by Gasteiger charge is -2.60. The van der Waals surface area contributed by atoms with E-state index in [0.29, 0.717) is 31.0 Å². The van der Waals surface area contributed by atoms with E-state index in [2.05, 4.69) is 19.9 Å². The van der Waals surface area contributed by atoms with Crippen LogP contribution in [0.25, 0.3) is 0 Å². The SMILES string of the molecule is CC1([C@]2(O)CC[C@@H]3[C@H]4CC=C5CC6(CC[C@]5(C)[C@@H]4CC[C@@]32C)OCCO6)OCCO1. The van der Waals surface area contributed by atoms with Crippen LogP contribution in [0.3, 0.4) is 0 Å². The van der Waals surface area contributed by atoms with E-state index in [9.17, 15) is 5.11 Å². The Kier molecular flexibility index (Phi) is 4.25. The van der Waals surface area contributed by atoms with Gasteiger partial charge in [-0.2, -0.15) is 0 Å². The second-order valence-corrected chi connectivity index (χ2v) is 11.5. The number of allylic oxidation sites excluding steroid dienone is 1.